The zero-order chi connectivity index (χ0) is 25.7. The van der Waals surface area contributed by atoms with E-state index in [9.17, 15) is 13.2 Å². The number of nitrogens with zero attached hydrogens (tertiary/aromatic N) is 4. The number of amides is 1. The molecule has 0 bridgehead atoms. The van der Waals surface area contributed by atoms with Gasteiger partial charge in [-0.2, -0.15) is 4.31 Å². The number of morpholine rings is 1. The van der Waals surface area contributed by atoms with E-state index in [4.69, 9.17) is 9.72 Å². The summed E-state index contributed by atoms with van der Waals surface area (Å²) >= 11 is 3.17. The Morgan fingerprint density at radius 2 is 1.81 bits per heavy atom. The molecule has 11 heteroatoms. The van der Waals surface area contributed by atoms with Crippen LogP contribution >= 0.6 is 23.1 Å². The highest BCUT2D eigenvalue weighted by Crippen LogP contribution is 2.32. The van der Waals surface area contributed by atoms with E-state index in [0.717, 1.165) is 28.2 Å². The van der Waals surface area contributed by atoms with Crippen molar-refractivity contribution in [3.63, 3.8) is 0 Å². The monoisotopic (exact) mass is 548 g/mol. The Morgan fingerprint density at radius 1 is 1.11 bits per heavy atom. The molecule has 0 N–H and O–H groups in total. The molecule has 1 aromatic heterocycles. The summed E-state index contributed by atoms with van der Waals surface area (Å²) in [6.45, 7) is 8.63. The number of thioether (sulfide) groups is 1. The molecule has 194 valence electrons. The summed E-state index contributed by atoms with van der Waals surface area (Å²) in [6.07, 6.45) is 2.03. The second-order valence-corrected chi connectivity index (χ2v) is 12.2. The van der Waals surface area contributed by atoms with Crippen LogP contribution in [-0.4, -0.2) is 87.3 Å². The van der Waals surface area contributed by atoms with Crippen LogP contribution in [0, 0.1) is 0 Å². The zero-order valence-electron chi connectivity index (χ0n) is 20.8. The summed E-state index contributed by atoms with van der Waals surface area (Å²) in [5.41, 5.74) is 1.29. The molecule has 0 unspecified atom stereocenters. The van der Waals surface area contributed by atoms with E-state index >= 15 is 0 Å². The van der Waals surface area contributed by atoms with Crippen LogP contribution in [0.15, 0.2) is 52.3 Å². The number of hydrogen-bond donors (Lipinski definition) is 0. The number of anilines is 1. The van der Waals surface area contributed by atoms with Gasteiger partial charge in [0.15, 0.2) is 5.13 Å². The van der Waals surface area contributed by atoms with Crippen molar-refractivity contribution >= 4 is 54.4 Å². The van der Waals surface area contributed by atoms with Gasteiger partial charge < -0.3 is 4.74 Å². The van der Waals surface area contributed by atoms with Gasteiger partial charge in [-0.05, 0) is 48.7 Å². The molecule has 0 aliphatic carbocycles. The Labute approximate surface area is 221 Å². The second kappa shape index (κ2) is 12.0. The van der Waals surface area contributed by atoms with Crippen LogP contribution < -0.4 is 4.90 Å². The Bertz CT molecular complexity index is 1280. The summed E-state index contributed by atoms with van der Waals surface area (Å²) < 4.78 is 33.6. The first-order valence-corrected chi connectivity index (χ1v) is 15.5. The molecule has 0 spiro atoms. The summed E-state index contributed by atoms with van der Waals surface area (Å²) in [7, 11) is -3.59. The van der Waals surface area contributed by atoms with Gasteiger partial charge in [-0.3, -0.25) is 14.6 Å². The van der Waals surface area contributed by atoms with Crippen molar-refractivity contribution in [1.82, 2.24) is 14.2 Å². The molecule has 0 radical (unpaired) electrons. The van der Waals surface area contributed by atoms with E-state index in [1.807, 2.05) is 32.2 Å². The lowest BCUT2D eigenvalue weighted by Gasteiger charge is -2.29. The summed E-state index contributed by atoms with van der Waals surface area (Å²) in [6, 6.07) is 12.3. The lowest BCUT2D eigenvalue weighted by molar-refractivity contribution is 0.0391. The van der Waals surface area contributed by atoms with Crippen LogP contribution in [0.4, 0.5) is 5.13 Å². The third-order valence-electron chi connectivity index (χ3n) is 6.25. The molecule has 2 aromatic carbocycles. The molecule has 0 atom stereocenters. The number of carbonyl (C=O) groups is 1. The van der Waals surface area contributed by atoms with Crippen molar-refractivity contribution in [2.45, 2.75) is 23.6 Å². The molecule has 0 saturated carbocycles. The number of benzene rings is 2. The van der Waals surface area contributed by atoms with Crippen molar-refractivity contribution in [2.24, 2.45) is 0 Å². The predicted octanol–water partition coefficient (Wildman–Crippen LogP) is 4.03. The average Bonchev–Trinajstić information content (AvgIpc) is 3.33. The number of ether oxygens (including phenoxy) is 1. The van der Waals surface area contributed by atoms with Gasteiger partial charge in [-0.25, -0.2) is 13.4 Å². The molecular formula is C25H32N4O4S3. The van der Waals surface area contributed by atoms with Crippen molar-refractivity contribution in [3.05, 3.63) is 48.0 Å². The smallest absolute Gasteiger partial charge is 0.260 e. The van der Waals surface area contributed by atoms with Crippen LogP contribution in [0.2, 0.25) is 0 Å². The van der Waals surface area contributed by atoms with E-state index in [1.165, 1.54) is 27.8 Å². The molecule has 1 aliphatic heterocycles. The topological polar surface area (TPSA) is 83.1 Å². The molecule has 8 nitrogen and oxygen atoms in total. The molecular weight excluding hydrogens is 517 g/mol. The van der Waals surface area contributed by atoms with Crippen LogP contribution in [0.3, 0.4) is 0 Å². The first-order chi connectivity index (χ1) is 17.4. The van der Waals surface area contributed by atoms with E-state index in [1.54, 1.807) is 28.8 Å². The third-order valence-corrected chi connectivity index (χ3v) is 10.1. The highest BCUT2D eigenvalue weighted by Gasteiger charge is 2.25. The summed E-state index contributed by atoms with van der Waals surface area (Å²) in [4.78, 5) is 23.8. The fraction of sp³-hybridized carbons (Fsp3) is 0.440. The van der Waals surface area contributed by atoms with Gasteiger partial charge in [0.05, 0.1) is 28.3 Å². The van der Waals surface area contributed by atoms with E-state index in [2.05, 4.69) is 11.0 Å². The van der Waals surface area contributed by atoms with E-state index < -0.39 is 10.0 Å². The van der Waals surface area contributed by atoms with Gasteiger partial charge in [0.1, 0.15) is 0 Å². The molecule has 4 rings (SSSR count). The minimum Gasteiger partial charge on any atom is -0.379 e. The van der Waals surface area contributed by atoms with Gasteiger partial charge >= 0.3 is 0 Å². The van der Waals surface area contributed by atoms with E-state index in [0.29, 0.717) is 50.1 Å². The maximum atomic E-state index is 13.7. The highest BCUT2D eigenvalue weighted by atomic mass is 32.2. The largest absolute Gasteiger partial charge is 0.379 e. The number of rotatable bonds is 10. The molecule has 1 saturated heterocycles. The maximum Gasteiger partial charge on any atom is 0.260 e. The number of sulfonamides is 1. The highest BCUT2D eigenvalue weighted by molar-refractivity contribution is 7.98. The Morgan fingerprint density at radius 3 is 2.44 bits per heavy atom. The zero-order valence-corrected chi connectivity index (χ0v) is 23.3. The Hall–Kier alpha value is -2.02. The maximum absolute atomic E-state index is 13.7. The van der Waals surface area contributed by atoms with Crippen LogP contribution in [0.1, 0.15) is 24.2 Å². The van der Waals surface area contributed by atoms with Crippen LogP contribution in [0.5, 0.6) is 0 Å². The fourth-order valence-corrected chi connectivity index (χ4v) is 7.13. The Kier molecular flexibility index (Phi) is 9.02. The van der Waals surface area contributed by atoms with E-state index in [-0.39, 0.29) is 10.8 Å². The van der Waals surface area contributed by atoms with Crippen LogP contribution in [0.25, 0.3) is 10.2 Å². The minimum absolute atomic E-state index is 0.187. The van der Waals surface area contributed by atoms with Gasteiger partial charge in [0.25, 0.3) is 5.91 Å². The first-order valence-electron chi connectivity index (χ1n) is 12.0. The summed E-state index contributed by atoms with van der Waals surface area (Å²) in [5.74, 6) is -0.195. The quantitative estimate of drug-likeness (QED) is 0.354. The molecule has 1 amide bonds. The minimum atomic E-state index is -3.59. The number of carbonyl (C=O) groups excluding carboxylic acids is 1. The second-order valence-electron chi connectivity index (χ2n) is 8.35. The molecule has 1 fully saturated rings. The van der Waals surface area contributed by atoms with Crippen molar-refractivity contribution in [2.75, 3.05) is 63.6 Å². The Balaban J connectivity index is 1.62. The lowest BCUT2D eigenvalue weighted by Crippen LogP contribution is -2.43. The van der Waals surface area contributed by atoms with Crippen LogP contribution in [-0.2, 0) is 14.8 Å². The number of aromatic nitrogens is 1. The third kappa shape index (κ3) is 5.92. The van der Waals surface area contributed by atoms with Gasteiger partial charge in [0.2, 0.25) is 10.0 Å². The molecule has 2 heterocycles. The van der Waals surface area contributed by atoms with Gasteiger partial charge in [0, 0.05) is 49.7 Å². The SMILES string of the molecule is CCN(CC)S(=O)(=O)c1ccc(C(=O)N(CCN2CCOCC2)c2nc3ccc(SC)cc3s2)cc1. The van der Waals surface area contributed by atoms with Gasteiger partial charge in [-0.15, -0.1) is 11.8 Å². The first kappa shape index (κ1) is 27.0. The standard InChI is InChI=1S/C25H32N4O4S3/c1-4-28(5-2)36(31,32)21-9-6-19(7-10-21)24(30)29(13-12-27-14-16-33-17-15-27)25-26-22-11-8-20(34-3)18-23(22)35-25/h6-11,18H,4-5,12-17H2,1-3H3. The van der Waals surface area contributed by atoms with Crippen molar-refractivity contribution in [1.29, 1.82) is 0 Å². The number of hydrogen-bond acceptors (Lipinski definition) is 8. The van der Waals surface area contributed by atoms with Gasteiger partial charge in [-0.1, -0.05) is 25.2 Å². The lowest BCUT2D eigenvalue weighted by atomic mass is 10.2. The molecule has 1 aliphatic rings. The fourth-order valence-electron chi connectivity index (χ4n) is 4.12. The number of thiazole rings is 1. The van der Waals surface area contributed by atoms with Crippen molar-refractivity contribution < 1.29 is 17.9 Å². The predicted molar refractivity (Wildman–Crippen MR) is 147 cm³/mol. The normalized spacial score (nSPS) is 15.0. The average molecular weight is 549 g/mol. The molecule has 3 aromatic rings. The molecule has 36 heavy (non-hydrogen) atoms. The number of fused-ring (bicyclic) bond motifs is 1. The summed E-state index contributed by atoms with van der Waals surface area (Å²) in [5, 5.41) is 0.640. The van der Waals surface area contributed by atoms with Crippen molar-refractivity contribution in [3.8, 4) is 0 Å².